The van der Waals surface area contributed by atoms with E-state index in [2.05, 4.69) is 0 Å². The number of sulfone groups is 1. The summed E-state index contributed by atoms with van der Waals surface area (Å²) < 4.78 is 29.4. The van der Waals surface area contributed by atoms with Crippen LogP contribution in [0.15, 0.2) is 28.7 Å². The molecule has 2 atom stereocenters. The van der Waals surface area contributed by atoms with Crippen LogP contribution in [0.4, 0.5) is 0 Å². The summed E-state index contributed by atoms with van der Waals surface area (Å²) in [7, 11) is -3.34. The van der Waals surface area contributed by atoms with Crippen LogP contribution in [0.5, 0.6) is 0 Å². The first-order valence-corrected chi connectivity index (χ1v) is 8.75. The number of benzene rings is 1. The maximum absolute atomic E-state index is 11.9. The van der Waals surface area contributed by atoms with Crippen molar-refractivity contribution in [3.63, 3.8) is 0 Å². The normalized spacial score (nSPS) is 27.2. The molecule has 2 unspecified atom stereocenters. The molecule has 1 aliphatic rings. The molecule has 3 rings (SSSR count). The summed E-state index contributed by atoms with van der Waals surface area (Å²) in [5.41, 5.74) is -0.851. The van der Waals surface area contributed by atoms with Gasteiger partial charge in [0.2, 0.25) is 0 Å². The summed E-state index contributed by atoms with van der Waals surface area (Å²) in [4.78, 5) is 0. The molecule has 4 nitrogen and oxygen atoms in total. The van der Waals surface area contributed by atoms with Crippen molar-refractivity contribution in [2.24, 2.45) is 0 Å². The smallest absolute Gasteiger partial charge is 0.153 e. The third-order valence-corrected chi connectivity index (χ3v) is 5.87. The Hall–Kier alpha value is -1.04. The maximum Gasteiger partial charge on any atom is 0.153 e. The lowest BCUT2D eigenvalue weighted by atomic mass is 9.98. The molecule has 20 heavy (non-hydrogen) atoms. The summed E-state index contributed by atoms with van der Waals surface area (Å²) in [6.45, 7) is 0. The number of fused-ring (bicyclic) bond motifs is 1. The summed E-state index contributed by atoms with van der Waals surface area (Å²) in [5.74, 6) is 0.308. The molecule has 0 spiro atoms. The van der Waals surface area contributed by atoms with Gasteiger partial charge in [0.25, 0.3) is 0 Å². The quantitative estimate of drug-likeness (QED) is 0.925. The first kappa shape index (κ1) is 13.9. The highest BCUT2D eigenvalue weighted by molar-refractivity contribution is 7.91. The van der Waals surface area contributed by atoms with Crippen molar-refractivity contribution in [1.29, 1.82) is 0 Å². The molecule has 108 valence electrons. The zero-order valence-electron chi connectivity index (χ0n) is 11.0. The van der Waals surface area contributed by atoms with Gasteiger partial charge in [-0.3, -0.25) is 0 Å². The molecule has 0 amide bonds. The van der Waals surface area contributed by atoms with Crippen LogP contribution in [0, 0.1) is 0 Å². The van der Waals surface area contributed by atoms with Crippen LogP contribution < -0.4 is 0 Å². The highest BCUT2D eigenvalue weighted by Gasteiger charge is 2.50. The van der Waals surface area contributed by atoms with E-state index >= 15 is 0 Å². The van der Waals surface area contributed by atoms with Gasteiger partial charge in [0.15, 0.2) is 9.84 Å². The van der Waals surface area contributed by atoms with Gasteiger partial charge in [-0.2, -0.15) is 0 Å². The Morgan fingerprint density at radius 2 is 2.15 bits per heavy atom. The van der Waals surface area contributed by atoms with Crippen molar-refractivity contribution >= 4 is 32.4 Å². The fourth-order valence-electron chi connectivity index (χ4n) is 3.03. The van der Waals surface area contributed by atoms with E-state index in [9.17, 15) is 13.5 Å². The zero-order chi connectivity index (χ0) is 14.5. The Bertz CT molecular complexity index is 765. The van der Waals surface area contributed by atoms with Gasteiger partial charge in [0.1, 0.15) is 16.9 Å². The lowest BCUT2D eigenvalue weighted by Gasteiger charge is -2.26. The van der Waals surface area contributed by atoms with E-state index in [1.165, 1.54) is 0 Å². The van der Waals surface area contributed by atoms with Crippen LogP contribution in [0.2, 0.25) is 5.02 Å². The predicted octanol–water partition coefficient (Wildman–Crippen LogP) is 2.87. The lowest BCUT2D eigenvalue weighted by Crippen LogP contribution is -2.39. The summed E-state index contributed by atoms with van der Waals surface area (Å²) in [6.07, 6.45) is 2.66. The van der Waals surface area contributed by atoms with Gasteiger partial charge in [0.05, 0.1) is 5.25 Å². The minimum absolute atomic E-state index is 0.308. The topological polar surface area (TPSA) is 67.5 Å². The second kappa shape index (κ2) is 4.48. The van der Waals surface area contributed by atoms with Gasteiger partial charge in [0, 0.05) is 16.7 Å². The lowest BCUT2D eigenvalue weighted by molar-refractivity contribution is 0.0267. The van der Waals surface area contributed by atoms with Gasteiger partial charge in [-0.15, -0.1) is 0 Å². The SMILES string of the molecule is CS(=O)(=O)C1CCCC1(O)c1cc2cc(Cl)ccc2o1. The van der Waals surface area contributed by atoms with E-state index in [1.54, 1.807) is 24.3 Å². The van der Waals surface area contributed by atoms with Crippen LogP contribution in [-0.2, 0) is 15.4 Å². The number of halogens is 1. The second-order valence-corrected chi connectivity index (χ2v) is 8.09. The predicted molar refractivity (Wildman–Crippen MR) is 77.6 cm³/mol. The number of aliphatic hydroxyl groups is 1. The van der Waals surface area contributed by atoms with E-state index < -0.39 is 20.7 Å². The first-order valence-electron chi connectivity index (χ1n) is 6.41. The Kier molecular flexibility index (Phi) is 3.12. The van der Waals surface area contributed by atoms with Crippen LogP contribution in [0.1, 0.15) is 25.0 Å². The average molecular weight is 315 g/mol. The van der Waals surface area contributed by atoms with E-state index in [1.807, 2.05) is 0 Å². The third kappa shape index (κ3) is 2.14. The van der Waals surface area contributed by atoms with E-state index in [-0.39, 0.29) is 0 Å². The summed E-state index contributed by atoms with van der Waals surface area (Å²) in [6, 6.07) is 6.83. The van der Waals surface area contributed by atoms with E-state index in [4.69, 9.17) is 16.0 Å². The molecule has 2 aromatic rings. The highest BCUT2D eigenvalue weighted by Crippen LogP contribution is 2.44. The van der Waals surface area contributed by atoms with Gasteiger partial charge in [-0.25, -0.2) is 8.42 Å². The monoisotopic (exact) mass is 314 g/mol. The van der Waals surface area contributed by atoms with Crippen molar-refractivity contribution < 1.29 is 17.9 Å². The number of rotatable bonds is 2. The van der Waals surface area contributed by atoms with Crippen LogP contribution in [0.25, 0.3) is 11.0 Å². The van der Waals surface area contributed by atoms with Crippen LogP contribution in [-0.4, -0.2) is 25.0 Å². The molecule has 1 aliphatic carbocycles. The van der Waals surface area contributed by atoms with E-state index in [0.29, 0.717) is 35.6 Å². The molecule has 0 aliphatic heterocycles. The molecule has 1 aromatic carbocycles. The number of furan rings is 1. The fraction of sp³-hybridized carbons (Fsp3) is 0.429. The first-order chi connectivity index (χ1) is 9.30. The number of hydrogen-bond acceptors (Lipinski definition) is 4. The third-order valence-electron chi connectivity index (χ3n) is 3.98. The van der Waals surface area contributed by atoms with Gasteiger partial charge >= 0.3 is 0 Å². The maximum atomic E-state index is 11.9. The molecule has 1 saturated carbocycles. The number of hydrogen-bond donors (Lipinski definition) is 1. The zero-order valence-corrected chi connectivity index (χ0v) is 12.5. The Labute approximate surface area is 122 Å². The van der Waals surface area contributed by atoms with Gasteiger partial charge in [-0.1, -0.05) is 11.6 Å². The molecule has 1 fully saturated rings. The highest BCUT2D eigenvalue weighted by atomic mass is 35.5. The molecule has 0 saturated heterocycles. The fourth-order valence-corrected chi connectivity index (χ4v) is 4.75. The van der Waals surface area contributed by atoms with Gasteiger partial charge in [-0.05, 0) is 43.5 Å². The van der Waals surface area contributed by atoms with Crippen molar-refractivity contribution in [3.8, 4) is 0 Å². The average Bonchev–Trinajstić information content (AvgIpc) is 2.92. The van der Waals surface area contributed by atoms with E-state index in [0.717, 1.165) is 11.6 Å². The Morgan fingerprint density at radius 3 is 2.85 bits per heavy atom. The largest absolute Gasteiger partial charge is 0.458 e. The van der Waals surface area contributed by atoms with Crippen LogP contribution >= 0.6 is 11.6 Å². The molecular weight excluding hydrogens is 300 g/mol. The van der Waals surface area contributed by atoms with Gasteiger partial charge < -0.3 is 9.52 Å². The Morgan fingerprint density at radius 1 is 1.40 bits per heavy atom. The molecule has 1 N–H and O–H groups in total. The van der Waals surface area contributed by atoms with Crippen molar-refractivity contribution in [2.45, 2.75) is 30.1 Å². The standard InChI is InChI=1S/C14H15ClO4S/c1-20(17,18)13-3-2-6-14(13,16)12-8-9-7-10(15)4-5-11(9)19-12/h4-5,7-8,13,16H,2-3,6H2,1H3. The Balaban J connectivity index is 2.13. The minimum atomic E-state index is -3.34. The second-order valence-electron chi connectivity index (χ2n) is 5.43. The molecule has 0 radical (unpaired) electrons. The van der Waals surface area contributed by atoms with Crippen molar-refractivity contribution in [3.05, 3.63) is 35.0 Å². The molecule has 6 heteroatoms. The minimum Gasteiger partial charge on any atom is -0.458 e. The molecular formula is C14H15ClO4S. The summed E-state index contributed by atoms with van der Waals surface area (Å²) in [5, 5.41) is 11.3. The molecule has 1 aromatic heterocycles. The molecule has 1 heterocycles. The summed E-state index contributed by atoms with van der Waals surface area (Å²) >= 11 is 5.92. The van der Waals surface area contributed by atoms with Crippen molar-refractivity contribution in [1.82, 2.24) is 0 Å². The molecule has 0 bridgehead atoms. The van der Waals surface area contributed by atoms with Crippen LogP contribution in [0.3, 0.4) is 0 Å². The van der Waals surface area contributed by atoms with Crippen molar-refractivity contribution in [2.75, 3.05) is 6.26 Å².